The molecule has 2 aromatic rings. The van der Waals surface area contributed by atoms with E-state index in [4.69, 9.17) is 9.47 Å². The third-order valence-corrected chi connectivity index (χ3v) is 3.11. The van der Waals surface area contributed by atoms with Gasteiger partial charge in [0, 0.05) is 5.92 Å². The quantitative estimate of drug-likeness (QED) is 0.789. The van der Waals surface area contributed by atoms with Crippen molar-refractivity contribution in [2.75, 3.05) is 6.61 Å². The van der Waals surface area contributed by atoms with Crippen LogP contribution >= 0.6 is 0 Å². The number of benzene rings is 2. The van der Waals surface area contributed by atoms with Crippen molar-refractivity contribution in [3.05, 3.63) is 54.1 Å². The summed E-state index contributed by atoms with van der Waals surface area (Å²) in [5, 5.41) is 0. The molecule has 0 amide bonds. The van der Waals surface area contributed by atoms with Gasteiger partial charge in [-0.05, 0) is 43.3 Å². The number of carbonyl (C=O) groups excluding carboxylic acids is 1. The Morgan fingerprint density at radius 3 is 1.90 bits per heavy atom. The second-order valence-electron chi connectivity index (χ2n) is 5.30. The Bertz CT molecular complexity index is 583. The number of aryl methyl sites for hydroxylation is 1. The molecule has 0 saturated carbocycles. The van der Waals surface area contributed by atoms with Crippen LogP contribution in [0.1, 0.15) is 19.4 Å². The van der Waals surface area contributed by atoms with Crippen molar-refractivity contribution >= 4 is 5.78 Å². The molecule has 0 unspecified atom stereocenters. The van der Waals surface area contributed by atoms with E-state index < -0.39 is 0 Å². The first-order valence-corrected chi connectivity index (χ1v) is 7.04. The SMILES string of the molecule is Cc1ccc(Oc2ccc(OCC(=O)C(C)C)cc2)cc1. The number of ether oxygens (including phenoxy) is 2. The maximum atomic E-state index is 11.5. The van der Waals surface area contributed by atoms with Gasteiger partial charge in [0.15, 0.2) is 5.78 Å². The molecule has 0 aliphatic rings. The molecule has 2 aromatic carbocycles. The van der Waals surface area contributed by atoms with Gasteiger partial charge in [0.1, 0.15) is 23.9 Å². The summed E-state index contributed by atoms with van der Waals surface area (Å²) in [6, 6.07) is 15.1. The number of hydrogen-bond donors (Lipinski definition) is 0. The Morgan fingerprint density at radius 1 is 0.905 bits per heavy atom. The Labute approximate surface area is 125 Å². The molecule has 110 valence electrons. The third kappa shape index (κ3) is 4.63. The second kappa shape index (κ2) is 6.93. The molecule has 3 nitrogen and oxygen atoms in total. The van der Waals surface area contributed by atoms with E-state index in [1.165, 1.54) is 5.56 Å². The lowest BCUT2D eigenvalue weighted by molar-refractivity contribution is -0.123. The number of ketones is 1. The molecular weight excluding hydrogens is 264 g/mol. The molecule has 0 radical (unpaired) electrons. The van der Waals surface area contributed by atoms with Gasteiger partial charge in [0.2, 0.25) is 0 Å². The van der Waals surface area contributed by atoms with Crippen LogP contribution in [0.3, 0.4) is 0 Å². The summed E-state index contributed by atoms with van der Waals surface area (Å²) in [5.74, 6) is 2.29. The molecule has 0 N–H and O–H groups in total. The fourth-order valence-electron chi connectivity index (χ4n) is 1.67. The normalized spacial score (nSPS) is 10.5. The number of Topliss-reactive ketones (excluding diaryl/α,β-unsaturated/α-hetero) is 1. The van der Waals surface area contributed by atoms with Crippen LogP contribution in [-0.2, 0) is 4.79 Å². The van der Waals surface area contributed by atoms with Crippen LogP contribution in [0.4, 0.5) is 0 Å². The van der Waals surface area contributed by atoms with Crippen molar-refractivity contribution in [2.24, 2.45) is 5.92 Å². The van der Waals surface area contributed by atoms with E-state index >= 15 is 0 Å². The summed E-state index contributed by atoms with van der Waals surface area (Å²) < 4.78 is 11.2. The van der Waals surface area contributed by atoms with Crippen LogP contribution in [0.25, 0.3) is 0 Å². The Morgan fingerprint density at radius 2 is 1.38 bits per heavy atom. The van der Waals surface area contributed by atoms with Gasteiger partial charge < -0.3 is 9.47 Å². The number of carbonyl (C=O) groups is 1. The Balaban J connectivity index is 1.92. The van der Waals surface area contributed by atoms with Crippen LogP contribution in [0.5, 0.6) is 17.2 Å². The van der Waals surface area contributed by atoms with Crippen LogP contribution in [-0.4, -0.2) is 12.4 Å². The van der Waals surface area contributed by atoms with Crippen LogP contribution in [0.2, 0.25) is 0 Å². The van der Waals surface area contributed by atoms with E-state index in [1.807, 2.05) is 57.2 Å². The summed E-state index contributed by atoms with van der Waals surface area (Å²) >= 11 is 0. The molecule has 0 aliphatic carbocycles. The molecule has 2 rings (SSSR count). The van der Waals surface area contributed by atoms with Crippen LogP contribution < -0.4 is 9.47 Å². The molecule has 0 aliphatic heterocycles. The molecule has 0 fully saturated rings. The van der Waals surface area contributed by atoms with Gasteiger partial charge in [-0.1, -0.05) is 31.5 Å². The highest BCUT2D eigenvalue weighted by atomic mass is 16.5. The third-order valence-electron chi connectivity index (χ3n) is 3.11. The van der Waals surface area contributed by atoms with Crippen LogP contribution in [0, 0.1) is 12.8 Å². The molecular formula is C18H20O3. The van der Waals surface area contributed by atoms with E-state index in [-0.39, 0.29) is 18.3 Å². The monoisotopic (exact) mass is 284 g/mol. The minimum Gasteiger partial charge on any atom is -0.486 e. The van der Waals surface area contributed by atoms with Crippen molar-refractivity contribution in [3.63, 3.8) is 0 Å². The largest absolute Gasteiger partial charge is 0.486 e. The zero-order valence-corrected chi connectivity index (χ0v) is 12.6. The highest BCUT2D eigenvalue weighted by molar-refractivity contribution is 5.81. The Hall–Kier alpha value is -2.29. The predicted molar refractivity (Wildman–Crippen MR) is 83.0 cm³/mol. The first kappa shape index (κ1) is 15.1. The van der Waals surface area contributed by atoms with E-state index in [2.05, 4.69) is 0 Å². The van der Waals surface area contributed by atoms with Gasteiger partial charge in [-0.15, -0.1) is 0 Å². The average molecular weight is 284 g/mol. The molecule has 0 aromatic heterocycles. The van der Waals surface area contributed by atoms with Crippen molar-refractivity contribution in [1.29, 1.82) is 0 Å². The van der Waals surface area contributed by atoms with Gasteiger partial charge >= 0.3 is 0 Å². The second-order valence-corrected chi connectivity index (χ2v) is 5.30. The van der Waals surface area contributed by atoms with E-state index in [0.717, 1.165) is 11.5 Å². The highest BCUT2D eigenvalue weighted by Crippen LogP contribution is 2.24. The van der Waals surface area contributed by atoms with Gasteiger partial charge in [-0.3, -0.25) is 4.79 Å². The summed E-state index contributed by atoms with van der Waals surface area (Å²) in [6.07, 6.45) is 0. The summed E-state index contributed by atoms with van der Waals surface area (Å²) in [6.45, 7) is 5.87. The molecule has 21 heavy (non-hydrogen) atoms. The fourth-order valence-corrected chi connectivity index (χ4v) is 1.67. The average Bonchev–Trinajstić information content (AvgIpc) is 2.48. The number of rotatable bonds is 6. The lowest BCUT2D eigenvalue weighted by atomic mass is 10.1. The van der Waals surface area contributed by atoms with Crippen molar-refractivity contribution < 1.29 is 14.3 Å². The smallest absolute Gasteiger partial charge is 0.172 e. The lowest BCUT2D eigenvalue weighted by Crippen LogP contribution is -2.16. The van der Waals surface area contributed by atoms with Gasteiger partial charge in [-0.2, -0.15) is 0 Å². The fraction of sp³-hybridized carbons (Fsp3) is 0.278. The first-order valence-electron chi connectivity index (χ1n) is 7.04. The van der Waals surface area contributed by atoms with E-state index in [9.17, 15) is 4.79 Å². The zero-order chi connectivity index (χ0) is 15.2. The topological polar surface area (TPSA) is 35.5 Å². The molecule has 0 heterocycles. The van der Waals surface area contributed by atoms with Crippen LogP contribution in [0.15, 0.2) is 48.5 Å². The molecule has 0 spiro atoms. The van der Waals surface area contributed by atoms with E-state index in [0.29, 0.717) is 5.75 Å². The maximum absolute atomic E-state index is 11.5. The van der Waals surface area contributed by atoms with Crippen molar-refractivity contribution in [3.8, 4) is 17.2 Å². The Kier molecular flexibility index (Phi) is 4.99. The van der Waals surface area contributed by atoms with Gasteiger partial charge in [-0.25, -0.2) is 0 Å². The molecule has 0 bridgehead atoms. The van der Waals surface area contributed by atoms with Gasteiger partial charge in [0.05, 0.1) is 0 Å². The molecule has 3 heteroatoms. The number of hydrogen-bond acceptors (Lipinski definition) is 3. The molecule has 0 atom stereocenters. The highest BCUT2D eigenvalue weighted by Gasteiger charge is 2.07. The van der Waals surface area contributed by atoms with Crippen molar-refractivity contribution in [2.45, 2.75) is 20.8 Å². The maximum Gasteiger partial charge on any atom is 0.172 e. The minimum absolute atomic E-state index is 0.00542. The zero-order valence-electron chi connectivity index (χ0n) is 12.6. The van der Waals surface area contributed by atoms with Gasteiger partial charge in [0.25, 0.3) is 0 Å². The lowest BCUT2D eigenvalue weighted by Gasteiger charge is -2.09. The first-order chi connectivity index (χ1) is 10.0. The summed E-state index contributed by atoms with van der Waals surface area (Å²) in [5.41, 5.74) is 1.20. The standard InChI is InChI=1S/C18H20O3/c1-13(2)18(19)12-20-15-8-10-17(11-9-15)21-16-6-4-14(3)5-7-16/h4-11,13H,12H2,1-3H3. The minimum atomic E-state index is -0.00542. The molecule has 0 saturated heterocycles. The van der Waals surface area contributed by atoms with E-state index in [1.54, 1.807) is 12.1 Å². The van der Waals surface area contributed by atoms with Crippen molar-refractivity contribution in [1.82, 2.24) is 0 Å². The summed E-state index contributed by atoms with van der Waals surface area (Å²) in [4.78, 5) is 11.5. The summed E-state index contributed by atoms with van der Waals surface area (Å²) in [7, 11) is 0. The predicted octanol–water partition coefficient (Wildman–Crippen LogP) is 4.39.